The van der Waals surface area contributed by atoms with Crippen LogP contribution in [0.25, 0.3) is 0 Å². The number of hydrogen-bond acceptors (Lipinski definition) is 3. The zero-order chi connectivity index (χ0) is 13.7. The highest BCUT2D eigenvalue weighted by Crippen LogP contribution is 2.21. The summed E-state index contributed by atoms with van der Waals surface area (Å²) >= 11 is 0. The molecular weight excluding hydrogens is 238 g/mol. The molecule has 0 aliphatic rings. The average Bonchev–Trinajstić information content (AvgIpc) is 2.81. The van der Waals surface area contributed by atoms with Crippen LogP contribution >= 0.6 is 0 Å². The number of rotatable bonds is 6. The minimum absolute atomic E-state index is 0.552. The fraction of sp³-hybridized carbons (Fsp3) is 0.400. The van der Waals surface area contributed by atoms with Crippen molar-refractivity contribution >= 4 is 0 Å². The Morgan fingerprint density at radius 1 is 1.37 bits per heavy atom. The number of benzene rings is 1. The molecule has 0 saturated heterocycles. The smallest absolute Gasteiger partial charge is 0.124 e. The van der Waals surface area contributed by atoms with Gasteiger partial charge in [-0.25, -0.2) is 0 Å². The molecule has 2 aromatic rings. The van der Waals surface area contributed by atoms with Crippen LogP contribution in [0.2, 0.25) is 0 Å². The van der Waals surface area contributed by atoms with E-state index in [0.717, 1.165) is 24.4 Å². The molecule has 0 spiro atoms. The van der Waals surface area contributed by atoms with Crippen molar-refractivity contribution < 1.29 is 4.74 Å². The molecule has 0 radical (unpaired) electrons. The highest BCUT2D eigenvalue weighted by Gasteiger charge is 2.05. The second-order valence-corrected chi connectivity index (χ2v) is 4.70. The normalized spacial score (nSPS) is 10.7. The van der Waals surface area contributed by atoms with Crippen LogP contribution in [0, 0.1) is 6.92 Å². The van der Waals surface area contributed by atoms with Gasteiger partial charge in [0.25, 0.3) is 0 Å². The minimum atomic E-state index is 0.552. The lowest BCUT2D eigenvalue weighted by molar-refractivity contribution is 0.302. The van der Waals surface area contributed by atoms with Crippen molar-refractivity contribution in [1.82, 2.24) is 15.1 Å². The van der Waals surface area contributed by atoms with Gasteiger partial charge in [0.1, 0.15) is 12.4 Å². The second kappa shape index (κ2) is 6.38. The SMILES string of the molecule is CCNCc1cc(C)ccc1OCc1cnn(C)c1. The molecule has 1 aromatic carbocycles. The first kappa shape index (κ1) is 13.6. The van der Waals surface area contributed by atoms with E-state index in [2.05, 4.69) is 36.4 Å². The molecule has 1 heterocycles. The molecule has 0 aliphatic carbocycles. The van der Waals surface area contributed by atoms with E-state index in [4.69, 9.17) is 4.74 Å². The van der Waals surface area contributed by atoms with Gasteiger partial charge in [0.15, 0.2) is 0 Å². The lowest BCUT2D eigenvalue weighted by atomic mass is 10.1. The van der Waals surface area contributed by atoms with Crippen LogP contribution in [-0.2, 0) is 20.2 Å². The minimum Gasteiger partial charge on any atom is -0.488 e. The first-order valence-corrected chi connectivity index (χ1v) is 6.59. The van der Waals surface area contributed by atoms with Crippen LogP contribution < -0.4 is 10.1 Å². The molecule has 0 aliphatic heterocycles. The Morgan fingerprint density at radius 2 is 2.21 bits per heavy atom. The first-order valence-electron chi connectivity index (χ1n) is 6.59. The molecule has 1 N–H and O–H groups in total. The fourth-order valence-electron chi connectivity index (χ4n) is 1.95. The quantitative estimate of drug-likeness (QED) is 0.866. The molecule has 0 saturated carbocycles. The van der Waals surface area contributed by atoms with Gasteiger partial charge in [-0.1, -0.05) is 24.6 Å². The van der Waals surface area contributed by atoms with Crippen molar-refractivity contribution in [3.8, 4) is 5.75 Å². The van der Waals surface area contributed by atoms with Gasteiger partial charge in [-0.2, -0.15) is 5.10 Å². The van der Waals surface area contributed by atoms with Gasteiger partial charge in [0.05, 0.1) is 6.20 Å². The summed E-state index contributed by atoms with van der Waals surface area (Å²) in [6, 6.07) is 6.29. The van der Waals surface area contributed by atoms with Crippen molar-refractivity contribution in [3.63, 3.8) is 0 Å². The Kier molecular flexibility index (Phi) is 4.58. The molecule has 0 fully saturated rings. The van der Waals surface area contributed by atoms with Gasteiger partial charge in [-0.05, 0) is 19.5 Å². The van der Waals surface area contributed by atoms with Crippen LogP contribution in [0.4, 0.5) is 0 Å². The van der Waals surface area contributed by atoms with Gasteiger partial charge in [-0.3, -0.25) is 4.68 Å². The topological polar surface area (TPSA) is 39.1 Å². The Labute approximate surface area is 114 Å². The third kappa shape index (κ3) is 3.83. The largest absolute Gasteiger partial charge is 0.488 e. The van der Waals surface area contributed by atoms with Crippen LogP contribution in [0.5, 0.6) is 5.75 Å². The first-order chi connectivity index (χ1) is 9.19. The van der Waals surface area contributed by atoms with E-state index in [1.807, 2.05) is 25.5 Å². The molecule has 2 rings (SSSR count). The van der Waals surface area contributed by atoms with E-state index in [1.54, 1.807) is 4.68 Å². The summed E-state index contributed by atoms with van der Waals surface area (Å²) in [7, 11) is 1.91. The maximum atomic E-state index is 5.90. The predicted octanol–water partition coefficient (Wildman–Crippen LogP) is 2.42. The fourth-order valence-corrected chi connectivity index (χ4v) is 1.95. The maximum absolute atomic E-state index is 5.90. The van der Waals surface area contributed by atoms with Gasteiger partial charge in [-0.15, -0.1) is 0 Å². The Bertz CT molecular complexity index is 534. The third-order valence-corrected chi connectivity index (χ3v) is 2.93. The van der Waals surface area contributed by atoms with Crippen LogP contribution in [-0.4, -0.2) is 16.3 Å². The number of ether oxygens (including phenoxy) is 1. The summed E-state index contributed by atoms with van der Waals surface area (Å²) in [6.07, 6.45) is 3.80. The molecular formula is C15H21N3O. The summed E-state index contributed by atoms with van der Waals surface area (Å²) in [5.74, 6) is 0.940. The number of aryl methyl sites for hydroxylation is 2. The van der Waals surface area contributed by atoms with E-state index in [9.17, 15) is 0 Å². The zero-order valence-electron chi connectivity index (χ0n) is 11.8. The number of nitrogens with zero attached hydrogens (tertiary/aromatic N) is 2. The lowest BCUT2D eigenvalue weighted by Gasteiger charge is -2.12. The molecule has 0 atom stereocenters. The predicted molar refractivity (Wildman–Crippen MR) is 76.1 cm³/mol. The van der Waals surface area contributed by atoms with Gasteiger partial charge >= 0.3 is 0 Å². The van der Waals surface area contributed by atoms with Crippen LogP contribution in [0.3, 0.4) is 0 Å². The highest BCUT2D eigenvalue weighted by molar-refractivity contribution is 5.37. The van der Waals surface area contributed by atoms with Gasteiger partial charge in [0.2, 0.25) is 0 Å². The van der Waals surface area contributed by atoms with Crippen molar-refractivity contribution in [3.05, 3.63) is 47.3 Å². The highest BCUT2D eigenvalue weighted by atomic mass is 16.5. The number of aromatic nitrogens is 2. The van der Waals surface area contributed by atoms with Gasteiger partial charge in [0, 0.05) is 30.9 Å². The second-order valence-electron chi connectivity index (χ2n) is 4.70. The summed E-state index contributed by atoms with van der Waals surface area (Å²) in [5, 5.41) is 7.48. The molecule has 4 nitrogen and oxygen atoms in total. The molecule has 0 unspecified atom stereocenters. The lowest BCUT2D eigenvalue weighted by Crippen LogP contribution is -2.13. The number of nitrogens with one attached hydrogen (secondary N) is 1. The molecule has 102 valence electrons. The summed E-state index contributed by atoms with van der Waals surface area (Å²) in [6.45, 7) is 6.54. The van der Waals surface area contributed by atoms with Crippen LogP contribution in [0.1, 0.15) is 23.6 Å². The zero-order valence-corrected chi connectivity index (χ0v) is 11.8. The average molecular weight is 259 g/mol. The molecule has 4 heteroatoms. The maximum Gasteiger partial charge on any atom is 0.124 e. The van der Waals surface area contributed by atoms with Crippen molar-refractivity contribution in [2.24, 2.45) is 7.05 Å². The molecule has 1 aromatic heterocycles. The van der Waals surface area contributed by atoms with E-state index in [0.29, 0.717) is 6.61 Å². The van der Waals surface area contributed by atoms with Crippen molar-refractivity contribution in [2.45, 2.75) is 27.0 Å². The molecule has 19 heavy (non-hydrogen) atoms. The van der Waals surface area contributed by atoms with E-state index in [1.165, 1.54) is 11.1 Å². The van der Waals surface area contributed by atoms with E-state index < -0.39 is 0 Å². The van der Waals surface area contributed by atoms with Gasteiger partial charge < -0.3 is 10.1 Å². The number of hydrogen-bond donors (Lipinski definition) is 1. The molecule has 0 amide bonds. The van der Waals surface area contributed by atoms with Crippen molar-refractivity contribution in [1.29, 1.82) is 0 Å². The Morgan fingerprint density at radius 3 is 2.89 bits per heavy atom. The summed E-state index contributed by atoms with van der Waals surface area (Å²) in [5.41, 5.74) is 3.53. The van der Waals surface area contributed by atoms with Crippen molar-refractivity contribution in [2.75, 3.05) is 6.54 Å². The van der Waals surface area contributed by atoms with E-state index in [-0.39, 0.29) is 0 Å². The standard InChI is InChI=1S/C15H21N3O/c1-4-16-9-14-7-12(2)5-6-15(14)19-11-13-8-17-18(3)10-13/h5-8,10,16H,4,9,11H2,1-3H3. The summed E-state index contributed by atoms with van der Waals surface area (Å²) in [4.78, 5) is 0. The molecule has 0 bridgehead atoms. The Hall–Kier alpha value is -1.81. The Balaban J connectivity index is 2.05. The third-order valence-electron chi connectivity index (χ3n) is 2.93. The van der Waals surface area contributed by atoms with E-state index >= 15 is 0 Å². The summed E-state index contributed by atoms with van der Waals surface area (Å²) < 4.78 is 7.68. The van der Waals surface area contributed by atoms with Crippen LogP contribution in [0.15, 0.2) is 30.6 Å². The monoisotopic (exact) mass is 259 g/mol.